The topological polar surface area (TPSA) is 154 Å². The van der Waals surface area contributed by atoms with E-state index in [1.54, 1.807) is 20.1 Å². The maximum atomic E-state index is 13.6. The zero-order valence-electron chi connectivity index (χ0n) is 24.0. The van der Waals surface area contributed by atoms with E-state index in [2.05, 4.69) is 15.2 Å². The molecule has 0 aliphatic carbocycles. The maximum absolute atomic E-state index is 13.6. The number of carboxylic acids is 1. The largest absolute Gasteiger partial charge is 0.481 e. The monoisotopic (exact) mass is 582 g/mol. The fourth-order valence-electron chi connectivity index (χ4n) is 5.05. The number of nitrogens with zero attached hydrogens (tertiary/aromatic N) is 5. The van der Waals surface area contributed by atoms with Crippen LogP contribution in [0.1, 0.15) is 43.1 Å². The SMILES string of the molecule is CCOC(=O)N1CCN(C(=O)C(CCC(=O)O)NC(=O)c2cc(N3CCC(OC)CC3)nc(-c3ccccc3)n2)CC1. The number of aliphatic carboxylic acids is 1. The van der Waals surface area contributed by atoms with E-state index in [-0.39, 0.29) is 57.4 Å². The van der Waals surface area contributed by atoms with Gasteiger partial charge in [0.2, 0.25) is 5.91 Å². The summed E-state index contributed by atoms with van der Waals surface area (Å²) in [6.45, 7) is 4.40. The van der Waals surface area contributed by atoms with Gasteiger partial charge in [0.25, 0.3) is 5.91 Å². The summed E-state index contributed by atoms with van der Waals surface area (Å²) in [6.07, 6.45) is 0.959. The summed E-state index contributed by atoms with van der Waals surface area (Å²) in [4.78, 5) is 64.9. The summed E-state index contributed by atoms with van der Waals surface area (Å²) in [6, 6.07) is 9.82. The van der Waals surface area contributed by atoms with Crippen molar-refractivity contribution >= 4 is 29.7 Å². The maximum Gasteiger partial charge on any atom is 0.409 e. The second kappa shape index (κ2) is 14.6. The minimum atomic E-state index is -1.08. The van der Waals surface area contributed by atoms with Crippen LogP contribution in [-0.4, -0.2) is 114 Å². The smallest absolute Gasteiger partial charge is 0.409 e. The molecule has 2 aliphatic rings. The minimum Gasteiger partial charge on any atom is -0.481 e. The molecule has 2 aromatic rings. The fraction of sp³-hybridized carbons (Fsp3) is 0.517. The highest BCUT2D eigenvalue weighted by atomic mass is 16.6. The molecule has 13 heteroatoms. The van der Waals surface area contributed by atoms with Gasteiger partial charge in [-0.1, -0.05) is 30.3 Å². The number of methoxy groups -OCH3 is 1. The first-order chi connectivity index (χ1) is 20.3. The number of aromatic nitrogens is 2. The molecule has 3 heterocycles. The molecule has 1 atom stereocenters. The number of carbonyl (C=O) groups is 4. The molecule has 2 fully saturated rings. The molecule has 4 rings (SSSR count). The molecule has 1 aromatic carbocycles. The third-order valence-corrected chi connectivity index (χ3v) is 7.44. The number of hydrogen-bond acceptors (Lipinski definition) is 9. The molecule has 0 spiro atoms. The van der Waals surface area contributed by atoms with Crippen LogP contribution in [0.3, 0.4) is 0 Å². The van der Waals surface area contributed by atoms with Crippen molar-refractivity contribution in [1.29, 1.82) is 0 Å². The van der Waals surface area contributed by atoms with Gasteiger partial charge in [0.05, 0.1) is 12.7 Å². The van der Waals surface area contributed by atoms with Crippen molar-refractivity contribution in [3.8, 4) is 11.4 Å². The van der Waals surface area contributed by atoms with Gasteiger partial charge in [-0.2, -0.15) is 0 Å². The molecule has 3 amide bonds. The summed E-state index contributed by atoms with van der Waals surface area (Å²) in [7, 11) is 1.70. The average molecular weight is 583 g/mol. The van der Waals surface area contributed by atoms with Crippen LogP contribution in [0.25, 0.3) is 11.4 Å². The first kappa shape index (κ1) is 30.7. The Morgan fingerprint density at radius 2 is 1.67 bits per heavy atom. The highest BCUT2D eigenvalue weighted by Gasteiger charge is 2.31. The Hall–Kier alpha value is -4.26. The van der Waals surface area contributed by atoms with Gasteiger partial charge in [-0.15, -0.1) is 0 Å². The number of rotatable bonds is 10. The van der Waals surface area contributed by atoms with Gasteiger partial charge in [0.1, 0.15) is 17.6 Å². The molecular weight excluding hydrogens is 544 g/mol. The number of ether oxygens (including phenoxy) is 2. The van der Waals surface area contributed by atoms with Crippen LogP contribution in [0.4, 0.5) is 10.6 Å². The molecule has 2 aliphatic heterocycles. The lowest BCUT2D eigenvalue weighted by molar-refractivity contribution is -0.138. The number of hydrogen-bond donors (Lipinski definition) is 2. The molecule has 42 heavy (non-hydrogen) atoms. The van der Waals surface area contributed by atoms with Gasteiger partial charge in [0.15, 0.2) is 5.82 Å². The quantitative estimate of drug-likeness (QED) is 0.425. The molecule has 1 unspecified atom stereocenters. The molecule has 226 valence electrons. The number of nitrogens with one attached hydrogen (secondary N) is 1. The van der Waals surface area contributed by atoms with E-state index >= 15 is 0 Å². The van der Waals surface area contributed by atoms with Crippen molar-refractivity contribution in [2.75, 3.05) is 57.9 Å². The van der Waals surface area contributed by atoms with Gasteiger partial charge in [-0.3, -0.25) is 14.4 Å². The van der Waals surface area contributed by atoms with Crippen LogP contribution < -0.4 is 10.2 Å². The van der Waals surface area contributed by atoms with Crippen LogP contribution in [-0.2, 0) is 19.1 Å². The third-order valence-electron chi connectivity index (χ3n) is 7.44. The first-order valence-electron chi connectivity index (χ1n) is 14.2. The number of piperidine rings is 1. The van der Waals surface area contributed by atoms with Crippen LogP contribution >= 0.6 is 0 Å². The molecule has 0 bridgehead atoms. The van der Waals surface area contributed by atoms with Crippen LogP contribution in [0.5, 0.6) is 0 Å². The van der Waals surface area contributed by atoms with Crippen LogP contribution in [0.15, 0.2) is 36.4 Å². The Morgan fingerprint density at radius 1 is 1.00 bits per heavy atom. The standard InChI is InChI=1S/C29H38N6O7/c1-3-42-29(40)35-17-15-34(16-18-35)28(39)22(9-10-25(36)37)31-27(38)23-19-24(33-13-11-21(41-2)12-14-33)32-26(30-23)20-7-5-4-6-8-20/h4-8,19,21-22H,3,9-18H2,1-2H3,(H,31,38)(H,36,37). The van der Waals surface area contributed by atoms with Crippen molar-refractivity contribution in [3.63, 3.8) is 0 Å². The Bertz CT molecular complexity index is 1240. The fourth-order valence-corrected chi connectivity index (χ4v) is 5.05. The van der Waals surface area contributed by atoms with Crippen molar-refractivity contribution < 1.29 is 33.8 Å². The molecule has 13 nitrogen and oxygen atoms in total. The summed E-state index contributed by atoms with van der Waals surface area (Å²) in [5.74, 6) is -1.13. The first-order valence-corrected chi connectivity index (χ1v) is 14.2. The minimum absolute atomic E-state index is 0.0768. The predicted octanol–water partition coefficient (Wildman–Crippen LogP) is 2.02. The van der Waals surface area contributed by atoms with Gasteiger partial charge < -0.3 is 34.6 Å². The second-order valence-corrected chi connectivity index (χ2v) is 10.2. The summed E-state index contributed by atoms with van der Waals surface area (Å²) in [5, 5.41) is 12.0. The zero-order valence-corrected chi connectivity index (χ0v) is 24.0. The average Bonchev–Trinajstić information content (AvgIpc) is 3.03. The molecule has 0 radical (unpaired) electrons. The second-order valence-electron chi connectivity index (χ2n) is 10.2. The van der Waals surface area contributed by atoms with Crippen molar-refractivity contribution in [3.05, 3.63) is 42.1 Å². The molecular formula is C29H38N6O7. The highest BCUT2D eigenvalue weighted by Crippen LogP contribution is 2.24. The number of piperazine rings is 1. The Kier molecular flexibility index (Phi) is 10.7. The van der Waals surface area contributed by atoms with Crippen molar-refractivity contribution in [1.82, 2.24) is 25.1 Å². The third kappa shape index (κ3) is 7.93. The van der Waals surface area contributed by atoms with E-state index in [9.17, 15) is 24.3 Å². The normalized spacial score (nSPS) is 16.6. The van der Waals surface area contributed by atoms with Gasteiger partial charge in [-0.25, -0.2) is 14.8 Å². The Morgan fingerprint density at radius 3 is 2.29 bits per heavy atom. The number of carbonyl (C=O) groups excluding carboxylic acids is 3. The molecule has 2 N–H and O–H groups in total. The van der Waals surface area contributed by atoms with Gasteiger partial charge in [-0.05, 0) is 26.2 Å². The van der Waals surface area contributed by atoms with E-state index in [1.165, 1.54) is 9.80 Å². The predicted molar refractivity (Wildman–Crippen MR) is 153 cm³/mol. The van der Waals surface area contributed by atoms with E-state index in [1.807, 2.05) is 30.3 Å². The molecule has 0 saturated carbocycles. The van der Waals surface area contributed by atoms with Gasteiger partial charge in [0, 0.05) is 64.4 Å². The van der Waals surface area contributed by atoms with Gasteiger partial charge >= 0.3 is 12.1 Å². The van der Waals surface area contributed by atoms with Crippen molar-refractivity contribution in [2.24, 2.45) is 0 Å². The zero-order chi connectivity index (χ0) is 30.1. The summed E-state index contributed by atoms with van der Waals surface area (Å²) < 4.78 is 10.5. The van der Waals surface area contributed by atoms with E-state index in [0.717, 1.165) is 18.4 Å². The molecule has 1 aromatic heterocycles. The number of benzene rings is 1. The number of amides is 3. The van der Waals surface area contributed by atoms with E-state index in [4.69, 9.17) is 14.5 Å². The van der Waals surface area contributed by atoms with Crippen LogP contribution in [0, 0.1) is 0 Å². The summed E-state index contributed by atoms with van der Waals surface area (Å²) in [5.41, 5.74) is 0.811. The summed E-state index contributed by atoms with van der Waals surface area (Å²) >= 11 is 0. The Labute approximate surface area is 244 Å². The van der Waals surface area contributed by atoms with E-state index in [0.29, 0.717) is 24.7 Å². The van der Waals surface area contributed by atoms with Crippen molar-refractivity contribution in [2.45, 2.75) is 44.8 Å². The molecule has 2 saturated heterocycles. The van der Waals surface area contributed by atoms with E-state index < -0.39 is 29.9 Å². The highest BCUT2D eigenvalue weighted by molar-refractivity contribution is 5.97. The lowest BCUT2D eigenvalue weighted by Gasteiger charge is -2.36. The van der Waals surface area contributed by atoms with Crippen LogP contribution in [0.2, 0.25) is 0 Å². The Balaban J connectivity index is 1.54. The number of anilines is 1. The lowest BCUT2D eigenvalue weighted by atomic mass is 10.1. The lowest BCUT2D eigenvalue weighted by Crippen LogP contribution is -2.56. The number of carboxylic acid groups (broad SMARTS) is 1.